The highest BCUT2D eigenvalue weighted by molar-refractivity contribution is 9.10. The van der Waals surface area contributed by atoms with Crippen molar-refractivity contribution in [1.82, 2.24) is 5.32 Å². The van der Waals surface area contributed by atoms with Crippen LogP contribution in [-0.4, -0.2) is 23.1 Å². The number of hydrogen-bond donors (Lipinski definition) is 3. The van der Waals surface area contributed by atoms with Gasteiger partial charge in [0.15, 0.2) is 0 Å². The minimum absolute atomic E-state index is 0.379. The van der Waals surface area contributed by atoms with E-state index in [9.17, 15) is 14.0 Å². The molecule has 2 unspecified atom stereocenters. The molecule has 1 aliphatic carbocycles. The van der Waals surface area contributed by atoms with Crippen molar-refractivity contribution in [3.05, 3.63) is 28.5 Å². The second kappa shape index (κ2) is 6.89. The topological polar surface area (TPSA) is 78.4 Å². The zero-order valence-electron chi connectivity index (χ0n) is 11.2. The summed E-state index contributed by atoms with van der Waals surface area (Å²) in [5, 5.41) is 14.4. The van der Waals surface area contributed by atoms with Gasteiger partial charge < -0.3 is 15.7 Å². The summed E-state index contributed by atoms with van der Waals surface area (Å²) >= 11 is 3.16. The van der Waals surface area contributed by atoms with Crippen LogP contribution in [0.4, 0.5) is 14.9 Å². The smallest absolute Gasteiger partial charge is 0.319 e. The average Bonchev–Trinajstić information content (AvgIpc) is 2.42. The van der Waals surface area contributed by atoms with Gasteiger partial charge in [-0.15, -0.1) is 0 Å². The van der Waals surface area contributed by atoms with Gasteiger partial charge in [0, 0.05) is 10.5 Å². The molecule has 0 aromatic heterocycles. The van der Waals surface area contributed by atoms with Gasteiger partial charge in [-0.25, -0.2) is 9.18 Å². The standard InChI is InChI=1S/C14H16BrFN2O3/c15-10-7-8(16)5-6-12(10)18-14(21)17-11-4-2-1-3-9(11)13(19)20/h5-7,9,11H,1-4H2,(H,19,20)(H2,17,18,21). The van der Waals surface area contributed by atoms with Crippen LogP contribution in [0.15, 0.2) is 22.7 Å². The second-order valence-electron chi connectivity index (χ2n) is 5.06. The van der Waals surface area contributed by atoms with Gasteiger partial charge in [0.25, 0.3) is 0 Å². The predicted molar refractivity (Wildman–Crippen MR) is 79.6 cm³/mol. The number of hydrogen-bond acceptors (Lipinski definition) is 2. The number of urea groups is 1. The van der Waals surface area contributed by atoms with Crippen molar-refractivity contribution >= 4 is 33.6 Å². The molecule has 2 atom stereocenters. The maximum atomic E-state index is 13.0. The number of rotatable bonds is 3. The number of benzene rings is 1. The lowest BCUT2D eigenvalue weighted by Crippen LogP contribution is -2.46. The van der Waals surface area contributed by atoms with Gasteiger partial charge in [-0.05, 0) is 47.0 Å². The number of amides is 2. The third-order valence-electron chi connectivity index (χ3n) is 3.58. The summed E-state index contributed by atoms with van der Waals surface area (Å²) in [5.74, 6) is -1.85. The molecule has 1 aliphatic rings. The Morgan fingerprint density at radius 1 is 1.29 bits per heavy atom. The quantitative estimate of drug-likeness (QED) is 0.775. The second-order valence-corrected chi connectivity index (χ2v) is 5.91. The number of carbonyl (C=O) groups is 2. The molecule has 0 radical (unpaired) electrons. The number of nitrogens with one attached hydrogen (secondary N) is 2. The normalized spacial score (nSPS) is 21.6. The Morgan fingerprint density at radius 3 is 2.67 bits per heavy atom. The van der Waals surface area contributed by atoms with Crippen molar-refractivity contribution < 1.29 is 19.1 Å². The number of carboxylic acid groups (broad SMARTS) is 1. The lowest BCUT2D eigenvalue weighted by Gasteiger charge is -2.29. The highest BCUT2D eigenvalue weighted by Crippen LogP contribution is 2.26. The molecule has 0 bridgehead atoms. The fourth-order valence-corrected chi connectivity index (χ4v) is 2.97. The van der Waals surface area contributed by atoms with Gasteiger partial charge in [-0.3, -0.25) is 4.79 Å². The molecule has 1 saturated carbocycles. The molecule has 5 nitrogen and oxygen atoms in total. The van der Waals surface area contributed by atoms with E-state index in [4.69, 9.17) is 5.11 Å². The molecule has 1 aromatic carbocycles. The van der Waals surface area contributed by atoms with Crippen LogP contribution in [0.25, 0.3) is 0 Å². The van der Waals surface area contributed by atoms with Crippen LogP contribution in [-0.2, 0) is 4.79 Å². The van der Waals surface area contributed by atoms with Crippen LogP contribution < -0.4 is 10.6 Å². The van der Waals surface area contributed by atoms with E-state index < -0.39 is 23.7 Å². The molecule has 21 heavy (non-hydrogen) atoms. The molecule has 2 amide bonds. The van der Waals surface area contributed by atoms with Crippen molar-refractivity contribution in [2.75, 3.05) is 5.32 Å². The maximum absolute atomic E-state index is 13.0. The molecule has 2 rings (SSSR count). The largest absolute Gasteiger partial charge is 0.481 e. The minimum atomic E-state index is -0.886. The minimum Gasteiger partial charge on any atom is -0.481 e. The van der Waals surface area contributed by atoms with Crippen LogP contribution in [0.2, 0.25) is 0 Å². The Kier molecular flexibility index (Phi) is 5.17. The molecule has 0 heterocycles. The Bertz CT molecular complexity index is 553. The number of halogens is 2. The first kappa shape index (κ1) is 15.8. The van der Waals surface area contributed by atoms with Crippen molar-refractivity contribution in [2.45, 2.75) is 31.7 Å². The van der Waals surface area contributed by atoms with Crippen LogP contribution in [0.5, 0.6) is 0 Å². The molecule has 1 aromatic rings. The summed E-state index contributed by atoms with van der Waals surface area (Å²) in [6.07, 6.45) is 2.98. The summed E-state index contributed by atoms with van der Waals surface area (Å²) in [7, 11) is 0. The zero-order valence-corrected chi connectivity index (χ0v) is 12.8. The molecule has 7 heteroatoms. The van der Waals surface area contributed by atoms with Gasteiger partial charge in [-0.2, -0.15) is 0 Å². The first-order valence-corrected chi connectivity index (χ1v) is 7.52. The summed E-state index contributed by atoms with van der Waals surface area (Å²) in [4.78, 5) is 23.1. The third kappa shape index (κ3) is 4.17. The van der Waals surface area contributed by atoms with Gasteiger partial charge in [0.2, 0.25) is 0 Å². The SMILES string of the molecule is O=C(Nc1ccc(F)cc1Br)NC1CCCCC1C(=O)O. The van der Waals surface area contributed by atoms with Gasteiger partial charge in [0.05, 0.1) is 11.6 Å². The Balaban J connectivity index is 1.98. The fraction of sp³-hybridized carbons (Fsp3) is 0.429. The molecule has 3 N–H and O–H groups in total. The molecular weight excluding hydrogens is 343 g/mol. The summed E-state index contributed by atoms with van der Waals surface area (Å²) in [6, 6.07) is 3.06. The number of anilines is 1. The van der Waals surface area contributed by atoms with Crippen molar-refractivity contribution in [1.29, 1.82) is 0 Å². The van der Waals surface area contributed by atoms with E-state index in [-0.39, 0.29) is 6.04 Å². The lowest BCUT2D eigenvalue weighted by atomic mass is 9.84. The summed E-state index contributed by atoms with van der Waals surface area (Å²) in [5.41, 5.74) is 0.427. The van der Waals surface area contributed by atoms with E-state index >= 15 is 0 Å². The van der Waals surface area contributed by atoms with Crippen LogP contribution in [0, 0.1) is 11.7 Å². The summed E-state index contributed by atoms with van der Waals surface area (Å²) < 4.78 is 13.4. The highest BCUT2D eigenvalue weighted by Gasteiger charge is 2.31. The van der Waals surface area contributed by atoms with Gasteiger partial charge >= 0.3 is 12.0 Å². The highest BCUT2D eigenvalue weighted by atomic mass is 79.9. The average molecular weight is 359 g/mol. The molecule has 0 saturated heterocycles. The lowest BCUT2D eigenvalue weighted by molar-refractivity contribution is -0.143. The number of carbonyl (C=O) groups excluding carboxylic acids is 1. The Labute approximate surface area is 130 Å². The van der Waals surface area contributed by atoms with E-state index in [2.05, 4.69) is 26.6 Å². The van der Waals surface area contributed by atoms with Crippen LogP contribution in [0.1, 0.15) is 25.7 Å². The number of carboxylic acids is 1. The summed E-state index contributed by atoms with van der Waals surface area (Å²) in [6.45, 7) is 0. The third-order valence-corrected chi connectivity index (χ3v) is 4.24. The van der Waals surface area contributed by atoms with E-state index in [1.165, 1.54) is 18.2 Å². The molecule has 1 fully saturated rings. The molecular formula is C14H16BrFN2O3. The first-order chi connectivity index (χ1) is 9.97. The van der Waals surface area contributed by atoms with Gasteiger partial charge in [0.1, 0.15) is 5.82 Å². The Hall–Kier alpha value is -1.63. The molecule has 114 valence electrons. The van der Waals surface area contributed by atoms with Crippen molar-refractivity contribution in [3.8, 4) is 0 Å². The number of aliphatic carboxylic acids is 1. The predicted octanol–water partition coefficient (Wildman–Crippen LogP) is 3.35. The maximum Gasteiger partial charge on any atom is 0.319 e. The van der Waals surface area contributed by atoms with Crippen LogP contribution in [0.3, 0.4) is 0 Å². The van der Waals surface area contributed by atoms with E-state index in [0.29, 0.717) is 23.0 Å². The van der Waals surface area contributed by atoms with E-state index in [1.807, 2.05) is 0 Å². The molecule has 0 spiro atoms. The van der Waals surface area contributed by atoms with E-state index in [1.54, 1.807) is 0 Å². The van der Waals surface area contributed by atoms with Gasteiger partial charge in [-0.1, -0.05) is 12.8 Å². The first-order valence-electron chi connectivity index (χ1n) is 6.73. The zero-order chi connectivity index (χ0) is 15.4. The monoisotopic (exact) mass is 358 g/mol. The fourth-order valence-electron chi connectivity index (χ4n) is 2.52. The van der Waals surface area contributed by atoms with Crippen LogP contribution >= 0.6 is 15.9 Å². The molecule has 0 aliphatic heterocycles. The van der Waals surface area contributed by atoms with E-state index in [0.717, 1.165) is 12.8 Å². The van der Waals surface area contributed by atoms with Crippen molar-refractivity contribution in [2.24, 2.45) is 5.92 Å². The van der Waals surface area contributed by atoms with Crippen molar-refractivity contribution in [3.63, 3.8) is 0 Å². The Morgan fingerprint density at radius 2 is 2.00 bits per heavy atom.